The summed E-state index contributed by atoms with van der Waals surface area (Å²) < 4.78 is 0. The molecule has 1 aromatic heterocycles. The van der Waals surface area contributed by atoms with Gasteiger partial charge in [-0.05, 0) is 12.3 Å². The standard InChI is InChI=1S/C11H17N3O3S/c1-6-5-12-10(18-6)14-9(17)13-7(8(15)16)11(2,3)4/h5,7H,1-4H3,(H,15,16)(H2,12,13,14,17). The van der Waals surface area contributed by atoms with Crippen LogP contribution in [0.1, 0.15) is 25.6 Å². The van der Waals surface area contributed by atoms with Crippen LogP contribution in [0.25, 0.3) is 0 Å². The fourth-order valence-electron chi connectivity index (χ4n) is 1.33. The van der Waals surface area contributed by atoms with Gasteiger partial charge in [0.25, 0.3) is 0 Å². The van der Waals surface area contributed by atoms with Crippen LogP contribution in [0.5, 0.6) is 0 Å². The van der Waals surface area contributed by atoms with Crippen LogP contribution in [0.3, 0.4) is 0 Å². The molecule has 0 aromatic carbocycles. The number of carbonyl (C=O) groups excluding carboxylic acids is 1. The van der Waals surface area contributed by atoms with Gasteiger partial charge in [-0.3, -0.25) is 5.32 Å². The summed E-state index contributed by atoms with van der Waals surface area (Å²) in [5.74, 6) is -1.06. The Balaban J connectivity index is 2.65. The molecular weight excluding hydrogens is 254 g/mol. The monoisotopic (exact) mass is 271 g/mol. The highest BCUT2D eigenvalue weighted by Gasteiger charge is 2.32. The van der Waals surface area contributed by atoms with Gasteiger partial charge in [-0.15, -0.1) is 11.3 Å². The minimum Gasteiger partial charge on any atom is -0.480 e. The third kappa shape index (κ3) is 3.99. The molecule has 7 heteroatoms. The summed E-state index contributed by atoms with van der Waals surface area (Å²) >= 11 is 1.33. The smallest absolute Gasteiger partial charge is 0.326 e. The molecule has 1 rings (SSSR count). The molecule has 0 fully saturated rings. The molecule has 6 nitrogen and oxygen atoms in total. The van der Waals surface area contributed by atoms with Crippen LogP contribution in [-0.2, 0) is 4.79 Å². The van der Waals surface area contributed by atoms with Crippen molar-refractivity contribution in [2.24, 2.45) is 5.41 Å². The number of urea groups is 1. The zero-order valence-corrected chi connectivity index (χ0v) is 11.6. The van der Waals surface area contributed by atoms with E-state index in [-0.39, 0.29) is 0 Å². The van der Waals surface area contributed by atoms with Gasteiger partial charge < -0.3 is 10.4 Å². The van der Waals surface area contributed by atoms with Crippen LogP contribution in [0.4, 0.5) is 9.93 Å². The summed E-state index contributed by atoms with van der Waals surface area (Å²) in [4.78, 5) is 27.7. The first-order valence-corrected chi connectivity index (χ1v) is 6.24. The number of aryl methyl sites for hydroxylation is 1. The number of aromatic nitrogens is 1. The zero-order chi connectivity index (χ0) is 13.9. The van der Waals surface area contributed by atoms with Gasteiger partial charge in [0.15, 0.2) is 5.13 Å². The van der Waals surface area contributed by atoms with E-state index in [2.05, 4.69) is 15.6 Å². The van der Waals surface area contributed by atoms with E-state index in [4.69, 9.17) is 5.11 Å². The summed E-state index contributed by atoms with van der Waals surface area (Å²) in [7, 11) is 0. The fraction of sp³-hybridized carbons (Fsp3) is 0.545. The number of nitrogens with one attached hydrogen (secondary N) is 2. The largest absolute Gasteiger partial charge is 0.480 e. The van der Waals surface area contributed by atoms with Crippen LogP contribution in [0.15, 0.2) is 6.20 Å². The summed E-state index contributed by atoms with van der Waals surface area (Å²) in [6, 6.07) is -1.52. The van der Waals surface area contributed by atoms with Crippen molar-refractivity contribution in [2.45, 2.75) is 33.7 Å². The molecule has 0 aliphatic heterocycles. The highest BCUT2D eigenvalue weighted by Crippen LogP contribution is 2.20. The molecule has 3 N–H and O–H groups in total. The number of thiazole rings is 1. The molecule has 18 heavy (non-hydrogen) atoms. The average Bonchev–Trinajstić information content (AvgIpc) is 2.58. The summed E-state index contributed by atoms with van der Waals surface area (Å²) in [5, 5.41) is 14.5. The second kappa shape index (κ2) is 5.34. The van der Waals surface area contributed by atoms with Crippen LogP contribution >= 0.6 is 11.3 Å². The Labute approximate surface area is 109 Å². The Kier molecular flexibility index (Phi) is 4.28. The predicted molar refractivity (Wildman–Crippen MR) is 69.9 cm³/mol. The third-order valence-electron chi connectivity index (χ3n) is 2.23. The SMILES string of the molecule is Cc1cnc(NC(=O)NC(C(=O)O)C(C)(C)C)s1. The Morgan fingerprint density at radius 1 is 1.44 bits per heavy atom. The van der Waals surface area contributed by atoms with Crippen molar-refractivity contribution in [3.05, 3.63) is 11.1 Å². The first-order valence-electron chi connectivity index (χ1n) is 5.43. The van der Waals surface area contributed by atoms with Crippen molar-refractivity contribution >= 4 is 28.5 Å². The van der Waals surface area contributed by atoms with Gasteiger partial charge in [-0.2, -0.15) is 0 Å². The maximum Gasteiger partial charge on any atom is 0.326 e. The number of amides is 2. The minimum absolute atomic E-state index is 0.447. The number of carboxylic acids is 1. The molecular formula is C11H17N3O3S. The number of anilines is 1. The van der Waals surface area contributed by atoms with E-state index in [1.54, 1.807) is 27.0 Å². The van der Waals surface area contributed by atoms with Crippen LogP contribution < -0.4 is 10.6 Å². The fourth-order valence-corrected chi connectivity index (χ4v) is 1.99. The van der Waals surface area contributed by atoms with Crippen molar-refractivity contribution in [2.75, 3.05) is 5.32 Å². The average molecular weight is 271 g/mol. The number of nitrogens with zero attached hydrogens (tertiary/aromatic N) is 1. The molecule has 0 aliphatic carbocycles. The van der Waals surface area contributed by atoms with E-state index in [0.29, 0.717) is 5.13 Å². The molecule has 0 aliphatic rings. The molecule has 0 bridgehead atoms. The Bertz CT molecular complexity index is 451. The normalized spacial score (nSPS) is 12.9. The van der Waals surface area contributed by atoms with Crippen LogP contribution in [-0.4, -0.2) is 28.1 Å². The highest BCUT2D eigenvalue weighted by atomic mass is 32.1. The number of carbonyl (C=O) groups is 2. The molecule has 2 amide bonds. The summed E-state index contributed by atoms with van der Waals surface area (Å²) in [6.07, 6.45) is 1.64. The summed E-state index contributed by atoms with van der Waals surface area (Å²) in [6.45, 7) is 7.12. The van der Waals surface area contributed by atoms with E-state index in [0.717, 1.165) is 4.88 Å². The second-order valence-corrected chi connectivity index (χ2v) is 6.25. The van der Waals surface area contributed by atoms with Gasteiger partial charge in [0.1, 0.15) is 6.04 Å². The lowest BCUT2D eigenvalue weighted by atomic mass is 9.87. The zero-order valence-electron chi connectivity index (χ0n) is 10.8. The Morgan fingerprint density at radius 2 is 2.06 bits per heavy atom. The van der Waals surface area contributed by atoms with Gasteiger partial charge in [0.05, 0.1) is 0 Å². The Morgan fingerprint density at radius 3 is 2.44 bits per heavy atom. The molecule has 1 heterocycles. The van der Waals surface area contributed by atoms with E-state index in [1.165, 1.54) is 11.3 Å². The Hall–Kier alpha value is -1.63. The number of rotatable bonds is 3. The number of hydrogen-bond acceptors (Lipinski definition) is 4. The van der Waals surface area contributed by atoms with Gasteiger partial charge in [-0.1, -0.05) is 20.8 Å². The lowest BCUT2D eigenvalue weighted by Crippen LogP contribution is -2.50. The maximum absolute atomic E-state index is 11.7. The van der Waals surface area contributed by atoms with E-state index >= 15 is 0 Å². The molecule has 0 saturated carbocycles. The van der Waals surface area contributed by atoms with Crippen LogP contribution in [0, 0.1) is 12.3 Å². The van der Waals surface area contributed by atoms with E-state index in [1.807, 2.05) is 6.92 Å². The molecule has 1 atom stereocenters. The van der Waals surface area contributed by atoms with E-state index in [9.17, 15) is 9.59 Å². The molecule has 0 radical (unpaired) electrons. The van der Waals surface area contributed by atoms with Gasteiger partial charge >= 0.3 is 12.0 Å². The molecule has 0 saturated heterocycles. The van der Waals surface area contributed by atoms with Crippen molar-refractivity contribution in [1.29, 1.82) is 0 Å². The highest BCUT2D eigenvalue weighted by molar-refractivity contribution is 7.15. The van der Waals surface area contributed by atoms with Gasteiger partial charge in [0.2, 0.25) is 0 Å². The van der Waals surface area contributed by atoms with Gasteiger partial charge in [0, 0.05) is 11.1 Å². The minimum atomic E-state index is -1.06. The first kappa shape index (κ1) is 14.4. The topological polar surface area (TPSA) is 91.3 Å². The molecule has 1 unspecified atom stereocenters. The molecule has 1 aromatic rings. The first-order chi connectivity index (χ1) is 8.20. The maximum atomic E-state index is 11.7. The van der Waals surface area contributed by atoms with E-state index < -0.39 is 23.5 Å². The summed E-state index contributed by atoms with van der Waals surface area (Å²) in [5.41, 5.74) is -0.567. The number of aliphatic carboxylic acids is 1. The third-order valence-corrected chi connectivity index (χ3v) is 3.06. The molecule has 0 spiro atoms. The second-order valence-electron chi connectivity index (χ2n) is 5.01. The van der Waals surface area contributed by atoms with Gasteiger partial charge in [-0.25, -0.2) is 14.6 Å². The van der Waals surface area contributed by atoms with Crippen LogP contribution in [0.2, 0.25) is 0 Å². The quantitative estimate of drug-likeness (QED) is 0.784. The predicted octanol–water partition coefficient (Wildman–Crippen LogP) is 2.07. The number of carboxylic acid groups (broad SMARTS) is 1. The lowest BCUT2D eigenvalue weighted by molar-refractivity contribution is -0.141. The molecule has 100 valence electrons. The van der Waals surface area contributed by atoms with Crippen molar-refractivity contribution in [1.82, 2.24) is 10.3 Å². The van der Waals surface area contributed by atoms with Crippen molar-refractivity contribution in [3.8, 4) is 0 Å². The lowest BCUT2D eigenvalue weighted by Gasteiger charge is -2.27. The van der Waals surface area contributed by atoms with Crippen molar-refractivity contribution in [3.63, 3.8) is 0 Å². The number of hydrogen-bond donors (Lipinski definition) is 3. The van der Waals surface area contributed by atoms with Crippen molar-refractivity contribution < 1.29 is 14.7 Å².